The summed E-state index contributed by atoms with van der Waals surface area (Å²) >= 11 is 0. The van der Waals surface area contributed by atoms with E-state index in [0.717, 1.165) is 12.3 Å². The third-order valence-corrected chi connectivity index (χ3v) is 4.94. The van der Waals surface area contributed by atoms with Gasteiger partial charge in [0.05, 0.1) is 5.60 Å². The van der Waals surface area contributed by atoms with Gasteiger partial charge >= 0.3 is 0 Å². The zero-order chi connectivity index (χ0) is 11.4. The molecule has 2 nitrogen and oxygen atoms in total. The van der Waals surface area contributed by atoms with E-state index in [-0.39, 0.29) is 6.04 Å². The first kappa shape index (κ1) is 11.4. The maximum atomic E-state index is 10.7. The Morgan fingerprint density at radius 3 is 2.20 bits per heavy atom. The lowest BCUT2D eigenvalue weighted by atomic mass is 9.43. The molecule has 0 radical (unpaired) electrons. The summed E-state index contributed by atoms with van der Waals surface area (Å²) in [4.78, 5) is 0. The Balaban J connectivity index is 2.14. The van der Waals surface area contributed by atoms with Crippen LogP contribution in [0.5, 0.6) is 0 Å². The highest BCUT2D eigenvalue weighted by molar-refractivity contribution is 5.14. The van der Waals surface area contributed by atoms with Crippen LogP contribution < -0.4 is 5.32 Å². The highest BCUT2D eigenvalue weighted by Crippen LogP contribution is 2.62. The zero-order valence-electron chi connectivity index (χ0n) is 10.7. The van der Waals surface area contributed by atoms with Gasteiger partial charge in [0.15, 0.2) is 0 Å². The lowest BCUT2D eigenvalue weighted by Gasteiger charge is -2.65. The Hall–Kier alpha value is -0.0800. The molecule has 88 valence electrons. The average Bonchev–Trinajstić information content (AvgIpc) is 2.06. The maximum Gasteiger partial charge on any atom is 0.0805 e. The first-order chi connectivity index (χ1) is 6.76. The summed E-state index contributed by atoms with van der Waals surface area (Å²) in [6, 6.07) is 0.747. The molecule has 2 bridgehead atoms. The van der Waals surface area contributed by atoms with Gasteiger partial charge in [-0.25, -0.2) is 0 Å². The molecule has 0 heterocycles. The summed E-state index contributed by atoms with van der Waals surface area (Å²) in [5.74, 6) is 1.28. The van der Waals surface area contributed by atoms with E-state index < -0.39 is 5.60 Å². The fourth-order valence-corrected chi connectivity index (χ4v) is 3.81. The number of hydrogen-bond donors (Lipinski definition) is 2. The molecule has 1 unspecified atom stereocenters. The molecule has 2 heteroatoms. The summed E-state index contributed by atoms with van der Waals surface area (Å²) in [5.41, 5.74) is -0.179. The van der Waals surface area contributed by atoms with Crippen molar-refractivity contribution in [1.29, 1.82) is 0 Å². The molecule has 0 spiro atoms. The molecule has 0 aliphatic heterocycles. The topological polar surface area (TPSA) is 32.3 Å². The normalized spacial score (nSPS) is 47.8. The molecule has 3 aliphatic rings. The van der Waals surface area contributed by atoms with Gasteiger partial charge in [-0.15, -0.1) is 0 Å². The van der Waals surface area contributed by atoms with Crippen LogP contribution in [0, 0.1) is 17.3 Å². The highest BCUT2D eigenvalue weighted by Gasteiger charge is 2.62. The Labute approximate surface area is 93.5 Å². The second kappa shape index (κ2) is 3.21. The van der Waals surface area contributed by atoms with Crippen LogP contribution in [0.1, 0.15) is 47.5 Å². The predicted octanol–water partition coefficient (Wildman–Crippen LogP) is 2.17. The van der Waals surface area contributed by atoms with Gasteiger partial charge in [0.2, 0.25) is 0 Å². The first-order valence-electron chi connectivity index (χ1n) is 6.24. The SMILES string of the molecule is CC(C)N[C@@H]1CC2C[C@@H](C2(C)C)[C@]1(C)O. The molecular weight excluding hydrogens is 186 g/mol. The number of aliphatic hydroxyl groups is 1. The minimum Gasteiger partial charge on any atom is -0.388 e. The molecule has 3 aliphatic carbocycles. The average molecular weight is 211 g/mol. The Morgan fingerprint density at radius 2 is 1.80 bits per heavy atom. The standard InChI is InChI=1S/C13H25NO/c1-8(2)14-11-7-9-6-10(12(9,3)4)13(11,5)15/h8-11,14-15H,6-7H2,1-5H3/t9?,10-,11+,13-/m0/s1. The van der Waals surface area contributed by atoms with Crippen LogP contribution >= 0.6 is 0 Å². The Morgan fingerprint density at radius 1 is 1.20 bits per heavy atom. The van der Waals surface area contributed by atoms with Gasteiger partial charge in [0.25, 0.3) is 0 Å². The minimum atomic E-state index is -0.525. The molecular formula is C13H25NO. The van der Waals surface area contributed by atoms with Gasteiger partial charge in [-0.05, 0) is 37.0 Å². The summed E-state index contributed by atoms with van der Waals surface area (Å²) in [6.07, 6.45) is 2.35. The molecule has 0 amide bonds. The largest absolute Gasteiger partial charge is 0.388 e. The molecule has 0 saturated heterocycles. The Bertz CT molecular complexity index is 257. The van der Waals surface area contributed by atoms with Crippen LogP contribution in [0.4, 0.5) is 0 Å². The van der Waals surface area contributed by atoms with Crippen molar-refractivity contribution >= 4 is 0 Å². The van der Waals surface area contributed by atoms with Crippen molar-refractivity contribution in [2.24, 2.45) is 17.3 Å². The van der Waals surface area contributed by atoms with E-state index in [1.807, 2.05) is 6.92 Å². The van der Waals surface area contributed by atoms with E-state index >= 15 is 0 Å². The summed E-state index contributed by atoms with van der Waals surface area (Å²) in [6.45, 7) is 11.0. The van der Waals surface area contributed by atoms with Gasteiger partial charge in [-0.3, -0.25) is 0 Å². The van der Waals surface area contributed by atoms with Crippen molar-refractivity contribution in [3.8, 4) is 0 Å². The van der Waals surface area contributed by atoms with Crippen LogP contribution in [0.2, 0.25) is 0 Å². The van der Waals surface area contributed by atoms with Gasteiger partial charge < -0.3 is 10.4 Å². The molecule has 15 heavy (non-hydrogen) atoms. The molecule has 2 N–H and O–H groups in total. The summed E-state index contributed by atoms with van der Waals surface area (Å²) in [7, 11) is 0. The van der Waals surface area contributed by atoms with E-state index in [4.69, 9.17) is 0 Å². The van der Waals surface area contributed by atoms with Crippen molar-refractivity contribution in [3.63, 3.8) is 0 Å². The third kappa shape index (κ3) is 1.53. The Kier molecular flexibility index (Phi) is 2.44. The lowest BCUT2D eigenvalue weighted by Crippen LogP contribution is -2.70. The smallest absolute Gasteiger partial charge is 0.0805 e. The molecule has 0 aromatic carbocycles. The van der Waals surface area contributed by atoms with E-state index in [2.05, 4.69) is 33.0 Å². The van der Waals surface area contributed by atoms with Crippen molar-refractivity contribution in [3.05, 3.63) is 0 Å². The summed E-state index contributed by atoms with van der Waals surface area (Å²) in [5, 5.41) is 14.2. The quantitative estimate of drug-likeness (QED) is 0.733. The predicted molar refractivity (Wildman–Crippen MR) is 62.7 cm³/mol. The molecule has 4 atom stereocenters. The van der Waals surface area contributed by atoms with E-state index in [1.54, 1.807) is 0 Å². The zero-order valence-corrected chi connectivity index (χ0v) is 10.7. The van der Waals surface area contributed by atoms with E-state index in [9.17, 15) is 5.11 Å². The maximum absolute atomic E-state index is 10.7. The van der Waals surface area contributed by atoms with Gasteiger partial charge in [0.1, 0.15) is 0 Å². The van der Waals surface area contributed by atoms with Crippen molar-refractivity contribution < 1.29 is 5.11 Å². The minimum absolute atomic E-state index is 0.286. The van der Waals surface area contributed by atoms with Crippen molar-refractivity contribution in [2.45, 2.75) is 65.1 Å². The third-order valence-electron chi connectivity index (χ3n) is 4.94. The first-order valence-corrected chi connectivity index (χ1v) is 6.24. The van der Waals surface area contributed by atoms with Crippen LogP contribution in [-0.4, -0.2) is 22.8 Å². The van der Waals surface area contributed by atoms with E-state index in [0.29, 0.717) is 17.4 Å². The van der Waals surface area contributed by atoms with Crippen LogP contribution in [0.25, 0.3) is 0 Å². The van der Waals surface area contributed by atoms with Gasteiger partial charge in [-0.2, -0.15) is 0 Å². The molecule has 3 saturated carbocycles. The number of hydrogen-bond acceptors (Lipinski definition) is 2. The fraction of sp³-hybridized carbons (Fsp3) is 1.00. The fourth-order valence-electron chi connectivity index (χ4n) is 3.81. The van der Waals surface area contributed by atoms with Crippen molar-refractivity contribution in [1.82, 2.24) is 5.32 Å². The molecule has 0 aromatic heterocycles. The monoisotopic (exact) mass is 211 g/mol. The highest BCUT2D eigenvalue weighted by atomic mass is 16.3. The summed E-state index contributed by atoms with van der Waals surface area (Å²) < 4.78 is 0. The molecule has 3 fully saturated rings. The second-order valence-electron chi connectivity index (χ2n) is 6.64. The van der Waals surface area contributed by atoms with Gasteiger partial charge in [0, 0.05) is 12.1 Å². The van der Waals surface area contributed by atoms with Crippen LogP contribution in [-0.2, 0) is 0 Å². The lowest BCUT2D eigenvalue weighted by molar-refractivity contribution is -0.210. The van der Waals surface area contributed by atoms with Crippen molar-refractivity contribution in [2.75, 3.05) is 0 Å². The van der Waals surface area contributed by atoms with Crippen LogP contribution in [0.15, 0.2) is 0 Å². The molecule has 3 rings (SSSR count). The second-order valence-corrected chi connectivity index (χ2v) is 6.64. The number of nitrogens with one attached hydrogen (secondary N) is 1. The molecule has 0 aromatic rings. The number of fused-ring (bicyclic) bond motifs is 2. The van der Waals surface area contributed by atoms with Gasteiger partial charge in [-0.1, -0.05) is 27.7 Å². The van der Waals surface area contributed by atoms with E-state index in [1.165, 1.54) is 6.42 Å². The van der Waals surface area contributed by atoms with Crippen LogP contribution in [0.3, 0.4) is 0 Å². The number of rotatable bonds is 2.